The van der Waals surface area contributed by atoms with Gasteiger partial charge in [-0.1, -0.05) is 43.2 Å². The minimum absolute atomic E-state index is 0.0595. The molecule has 0 radical (unpaired) electrons. The Hall–Kier alpha value is -3.28. The van der Waals surface area contributed by atoms with Gasteiger partial charge in [-0.05, 0) is 73.9 Å². The van der Waals surface area contributed by atoms with Crippen LogP contribution in [0.4, 0.5) is 22.4 Å². The van der Waals surface area contributed by atoms with Crippen molar-refractivity contribution < 1.29 is 32.3 Å². The number of nitrogens with zero attached hydrogens (tertiary/aromatic N) is 2. The molecule has 0 spiro atoms. The van der Waals surface area contributed by atoms with E-state index in [2.05, 4.69) is 22.1 Å². The van der Waals surface area contributed by atoms with Crippen molar-refractivity contribution in [3.05, 3.63) is 83.7 Å². The normalized spacial score (nSPS) is 29.6. The first-order valence-electron chi connectivity index (χ1n) is 16.8. The van der Waals surface area contributed by atoms with Gasteiger partial charge in [0.1, 0.15) is 17.2 Å². The van der Waals surface area contributed by atoms with E-state index in [1.54, 1.807) is 23.1 Å². The molecule has 254 valence electrons. The number of aliphatic hydroxyl groups is 1. The topological polar surface area (TPSA) is 84.9 Å². The maximum Gasteiger partial charge on any atom is 0.416 e. The summed E-state index contributed by atoms with van der Waals surface area (Å²) in [5, 5.41) is 18.6. The summed E-state index contributed by atoms with van der Waals surface area (Å²) in [4.78, 5) is 32.1. The molecule has 2 unspecified atom stereocenters. The third-order valence-corrected chi connectivity index (χ3v) is 11.2. The molecular weight excluding hydrogens is 612 g/mol. The lowest BCUT2D eigenvalue weighted by molar-refractivity contribution is -0.152. The molecule has 3 aliphatic heterocycles. The summed E-state index contributed by atoms with van der Waals surface area (Å²) in [7, 11) is 0. The van der Waals surface area contributed by atoms with Gasteiger partial charge in [-0.15, -0.1) is 6.58 Å². The first kappa shape index (κ1) is 33.6. The predicted molar refractivity (Wildman–Crippen MR) is 170 cm³/mol. The standard InChI is InChI=1S/C36H44F4N4O3/c1-2-16-43(33(46)42-20-24-10-12-26(13-11-24)36(38,39)40)31-18-29-14-15-30(19-31)44(29)23-34(32(45)25-6-3-4-7-25)21-41-22-35(34,47)27-8-5-9-28(37)17-27/h2,5,8-13,17,25,29-31,41,47H,1,3-4,6-7,14-16,18-23H2,(H,42,46)/t29?,30?,31?,34-,35-/m1/s1. The van der Waals surface area contributed by atoms with E-state index in [1.807, 2.05) is 0 Å². The van der Waals surface area contributed by atoms with Crippen LogP contribution in [0, 0.1) is 17.2 Å². The molecule has 4 atom stereocenters. The number of fused-ring (bicyclic) bond motifs is 2. The number of carbonyl (C=O) groups is 2. The number of carbonyl (C=O) groups excluding carboxylic acids is 2. The van der Waals surface area contributed by atoms with E-state index >= 15 is 0 Å². The summed E-state index contributed by atoms with van der Waals surface area (Å²) < 4.78 is 53.4. The monoisotopic (exact) mass is 656 g/mol. The van der Waals surface area contributed by atoms with Crippen LogP contribution in [0.5, 0.6) is 0 Å². The van der Waals surface area contributed by atoms with Crippen LogP contribution in [0.2, 0.25) is 0 Å². The van der Waals surface area contributed by atoms with Crippen molar-refractivity contribution in [3.8, 4) is 0 Å². The highest BCUT2D eigenvalue weighted by atomic mass is 19.4. The molecule has 6 rings (SSSR count). The minimum Gasteiger partial charge on any atom is -0.383 e. The van der Waals surface area contributed by atoms with Gasteiger partial charge < -0.3 is 20.6 Å². The van der Waals surface area contributed by atoms with Gasteiger partial charge in [0, 0.05) is 56.8 Å². The maximum absolute atomic E-state index is 14.5. The molecule has 3 heterocycles. The fraction of sp³-hybridized carbons (Fsp3) is 0.556. The summed E-state index contributed by atoms with van der Waals surface area (Å²) in [6.45, 7) is 5.07. The molecule has 2 aromatic carbocycles. The van der Waals surface area contributed by atoms with Gasteiger partial charge in [0.05, 0.1) is 11.0 Å². The number of benzene rings is 2. The zero-order valence-electron chi connectivity index (χ0n) is 26.6. The van der Waals surface area contributed by atoms with Gasteiger partial charge in [0.15, 0.2) is 0 Å². The van der Waals surface area contributed by atoms with Crippen molar-refractivity contribution in [1.82, 2.24) is 20.4 Å². The lowest BCUT2D eigenvalue weighted by Crippen LogP contribution is -2.62. The summed E-state index contributed by atoms with van der Waals surface area (Å²) >= 11 is 0. The molecule has 2 bridgehead atoms. The number of Topliss-reactive ketones (excluding diaryl/α,β-unsaturated/α-hetero) is 1. The molecule has 1 saturated carbocycles. The number of amides is 2. The summed E-state index contributed by atoms with van der Waals surface area (Å²) in [6.07, 6.45) is 3.96. The van der Waals surface area contributed by atoms with Gasteiger partial charge in [0.2, 0.25) is 0 Å². The Labute approximate surface area is 273 Å². The number of alkyl halides is 3. The van der Waals surface area contributed by atoms with Crippen molar-refractivity contribution in [3.63, 3.8) is 0 Å². The first-order valence-corrected chi connectivity index (χ1v) is 16.8. The van der Waals surface area contributed by atoms with Crippen molar-refractivity contribution in [2.45, 2.75) is 87.8 Å². The molecule has 3 saturated heterocycles. The van der Waals surface area contributed by atoms with Crippen molar-refractivity contribution >= 4 is 11.8 Å². The number of halogens is 4. The quantitative estimate of drug-likeness (QED) is 0.223. The third-order valence-electron chi connectivity index (χ3n) is 11.2. The number of rotatable bonds is 10. The van der Waals surface area contributed by atoms with Gasteiger partial charge in [0.25, 0.3) is 0 Å². The van der Waals surface area contributed by atoms with Gasteiger partial charge >= 0.3 is 12.2 Å². The highest BCUT2D eigenvalue weighted by Gasteiger charge is 2.63. The van der Waals surface area contributed by atoms with Crippen molar-refractivity contribution in [1.29, 1.82) is 0 Å². The molecule has 3 N–H and O–H groups in total. The molecule has 47 heavy (non-hydrogen) atoms. The molecule has 4 aliphatic rings. The van der Waals surface area contributed by atoms with Crippen LogP contribution in [0.1, 0.15) is 68.1 Å². The molecule has 2 aromatic rings. The number of β-amino-alcohol motifs (C(OH)–C–C–N with tert-alkyl or cyclic N) is 1. The largest absolute Gasteiger partial charge is 0.416 e. The average Bonchev–Trinajstić information content (AvgIpc) is 3.76. The Morgan fingerprint density at radius 3 is 2.34 bits per heavy atom. The second-order valence-corrected chi connectivity index (χ2v) is 13.9. The smallest absolute Gasteiger partial charge is 0.383 e. The minimum atomic E-state index is -4.42. The summed E-state index contributed by atoms with van der Waals surface area (Å²) in [6, 6.07) is 10.5. The van der Waals surface area contributed by atoms with Crippen LogP contribution < -0.4 is 10.6 Å². The van der Waals surface area contributed by atoms with Crippen molar-refractivity contribution in [2.75, 3.05) is 26.2 Å². The van der Waals surface area contributed by atoms with E-state index < -0.39 is 28.6 Å². The number of ketones is 1. The SMILES string of the molecule is C=CCN(C(=O)NCc1ccc(C(F)(F)F)cc1)C1CC2CCC(C1)N2C[C@@]1(C(=O)C2CCCC2)CNC[C@@]1(O)c1cccc(F)c1. The van der Waals surface area contributed by atoms with Crippen LogP contribution >= 0.6 is 0 Å². The average molecular weight is 657 g/mol. The maximum atomic E-state index is 14.5. The number of nitrogens with one attached hydrogen (secondary N) is 2. The van der Waals surface area contributed by atoms with Gasteiger partial charge in [-0.3, -0.25) is 9.69 Å². The molecular formula is C36H44F4N4O3. The van der Waals surface area contributed by atoms with Crippen LogP contribution in [-0.2, 0) is 23.1 Å². The van der Waals surface area contributed by atoms with E-state index in [0.29, 0.717) is 43.6 Å². The lowest BCUT2D eigenvalue weighted by atomic mass is 9.64. The Morgan fingerprint density at radius 1 is 1.04 bits per heavy atom. The lowest BCUT2D eigenvalue weighted by Gasteiger charge is -2.49. The van der Waals surface area contributed by atoms with E-state index in [-0.39, 0.29) is 48.9 Å². The fourth-order valence-electron chi connectivity index (χ4n) is 8.73. The van der Waals surface area contributed by atoms with E-state index in [0.717, 1.165) is 50.7 Å². The van der Waals surface area contributed by atoms with E-state index in [1.165, 1.54) is 24.3 Å². The van der Waals surface area contributed by atoms with E-state index in [4.69, 9.17) is 0 Å². The fourth-order valence-corrected chi connectivity index (χ4v) is 8.73. The molecule has 0 aromatic heterocycles. The van der Waals surface area contributed by atoms with E-state index in [9.17, 15) is 32.3 Å². The number of urea groups is 1. The van der Waals surface area contributed by atoms with Crippen molar-refractivity contribution in [2.24, 2.45) is 11.3 Å². The zero-order valence-corrected chi connectivity index (χ0v) is 26.6. The van der Waals surface area contributed by atoms with Crippen LogP contribution in [-0.4, -0.2) is 71.0 Å². The van der Waals surface area contributed by atoms with Gasteiger partial charge in [-0.2, -0.15) is 13.2 Å². The molecule has 7 nitrogen and oxygen atoms in total. The van der Waals surface area contributed by atoms with Crippen LogP contribution in [0.25, 0.3) is 0 Å². The number of piperidine rings is 1. The molecule has 2 amide bonds. The molecule has 11 heteroatoms. The van der Waals surface area contributed by atoms with Gasteiger partial charge in [-0.25, -0.2) is 9.18 Å². The second kappa shape index (κ2) is 13.3. The molecule has 4 fully saturated rings. The second-order valence-electron chi connectivity index (χ2n) is 13.9. The Morgan fingerprint density at radius 2 is 1.72 bits per heavy atom. The third kappa shape index (κ3) is 6.46. The van der Waals surface area contributed by atoms with Crippen LogP contribution in [0.15, 0.2) is 61.2 Å². The predicted octanol–water partition coefficient (Wildman–Crippen LogP) is 5.77. The Kier molecular flexibility index (Phi) is 9.53. The first-order chi connectivity index (χ1) is 22.4. The summed E-state index contributed by atoms with van der Waals surface area (Å²) in [5.41, 5.74) is -2.48. The Balaban J connectivity index is 1.19. The highest BCUT2D eigenvalue weighted by Crippen LogP contribution is 2.50. The zero-order chi connectivity index (χ0) is 33.4. The van der Waals surface area contributed by atoms with Crippen LogP contribution in [0.3, 0.4) is 0 Å². The molecule has 1 aliphatic carbocycles. The highest BCUT2D eigenvalue weighted by molar-refractivity contribution is 5.90. The number of hydrogen-bond donors (Lipinski definition) is 3. The Bertz CT molecular complexity index is 1450. The summed E-state index contributed by atoms with van der Waals surface area (Å²) in [5.74, 6) is -0.532. The number of hydrogen-bond acceptors (Lipinski definition) is 5.